The zero-order chi connectivity index (χ0) is 11.5. The first-order valence-corrected chi connectivity index (χ1v) is 4.67. The number of anilines is 1. The summed E-state index contributed by atoms with van der Waals surface area (Å²) in [5.41, 5.74) is 6.18. The molecule has 0 aliphatic heterocycles. The van der Waals surface area contributed by atoms with E-state index < -0.39 is 12.4 Å². The van der Waals surface area contributed by atoms with Crippen molar-refractivity contribution in [1.82, 2.24) is 19.8 Å². The maximum atomic E-state index is 12.1. The Balaban J connectivity index is 2.41. The molecule has 0 unspecified atom stereocenters. The van der Waals surface area contributed by atoms with Crippen LogP contribution < -0.4 is 11.4 Å². The molecule has 2 rings (SSSR count). The summed E-state index contributed by atoms with van der Waals surface area (Å²) in [6, 6.07) is 6.59. The second-order valence-corrected chi connectivity index (χ2v) is 3.18. The van der Waals surface area contributed by atoms with Gasteiger partial charge in [0.15, 0.2) is 0 Å². The van der Waals surface area contributed by atoms with E-state index in [-0.39, 0.29) is 6.54 Å². The minimum absolute atomic E-state index is 0.0895. The Hall–Kier alpha value is -2.18. The number of benzene rings is 1. The molecule has 7 heteroatoms. The summed E-state index contributed by atoms with van der Waals surface area (Å²) in [7, 11) is 0. The highest BCUT2D eigenvalue weighted by Crippen LogP contribution is 2.06. The average molecular weight is 223 g/mol. The first kappa shape index (κ1) is 10.3. The number of nitrogen functional groups attached to an aromatic ring is 1. The van der Waals surface area contributed by atoms with Crippen LogP contribution in [0.3, 0.4) is 0 Å². The predicted molar refractivity (Wildman–Crippen MR) is 56.0 cm³/mol. The van der Waals surface area contributed by atoms with E-state index in [4.69, 9.17) is 5.73 Å². The van der Waals surface area contributed by atoms with Gasteiger partial charge in [-0.25, -0.2) is 9.18 Å². The van der Waals surface area contributed by atoms with Crippen molar-refractivity contribution in [3.63, 3.8) is 0 Å². The van der Waals surface area contributed by atoms with Crippen LogP contribution in [0, 0.1) is 0 Å². The molecule has 2 aromatic rings. The van der Waals surface area contributed by atoms with E-state index in [0.29, 0.717) is 11.4 Å². The molecule has 0 radical (unpaired) electrons. The maximum Gasteiger partial charge on any atom is 0.368 e. The average Bonchev–Trinajstić information content (AvgIpc) is 2.63. The SMILES string of the molecule is Nc1ccc(-n2nnn(CCF)c2=O)cc1. The van der Waals surface area contributed by atoms with Gasteiger partial charge in [0.1, 0.15) is 6.67 Å². The highest BCUT2D eigenvalue weighted by molar-refractivity contribution is 5.44. The lowest BCUT2D eigenvalue weighted by atomic mass is 10.3. The molecule has 0 bridgehead atoms. The fourth-order valence-electron chi connectivity index (χ4n) is 1.27. The van der Waals surface area contributed by atoms with Crippen LogP contribution in [0.25, 0.3) is 5.69 Å². The molecule has 0 spiro atoms. The molecule has 0 atom stereocenters. The van der Waals surface area contributed by atoms with Crippen molar-refractivity contribution in [2.45, 2.75) is 6.54 Å². The standard InChI is InChI=1S/C9H10FN5O/c10-5-6-14-9(16)15(13-12-14)8-3-1-7(11)2-4-8/h1-4H,5-6,11H2. The number of nitrogens with two attached hydrogens (primary N) is 1. The topological polar surface area (TPSA) is 78.7 Å². The maximum absolute atomic E-state index is 12.1. The third kappa shape index (κ3) is 1.79. The Labute approximate surface area is 90.1 Å². The molecule has 1 aromatic carbocycles. The Kier molecular flexibility index (Phi) is 2.67. The van der Waals surface area contributed by atoms with Gasteiger partial charge < -0.3 is 5.73 Å². The number of halogens is 1. The molecule has 2 N–H and O–H groups in total. The second-order valence-electron chi connectivity index (χ2n) is 3.18. The lowest BCUT2D eigenvalue weighted by molar-refractivity contribution is 0.416. The molecule has 0 aliphatic rings. The van der Waals surface area contributed by atoms with E-state index in [1.807, 2.05) is 0 Å². The zero-order valence-electron chi connectivity index (χ0n) is 8.38. The number of nitrogens with zero attached hydrogens (tertiary/aromatic N) is 4. The molecule has 0 saturated carbocycles. The quantitative estimate of drug-likeness (QED) is 0.742. The first-order chi connectivity index (χ1) is 7.72. The van der Waals surface area contributed by atoms with Crippen LogP contribution in [-0.2, 0) is 6.54 Å². The number of hydrogen-bond acceptors (Lipinski definition) is 4. The van der Waals surface area contributed by atoms with Crippen LogP contribution >= 0.6 is 0 Å². The van der Waals surface area contributed by atoms with Crippen LogP contribution in [0.4, 0.5) is 10.1 Å². The van der Waals surface area contributed by atoms with Crippen molar-refractivity contribution >= 4 is 5.69 Å². The number of tetrazole rings is 1. The Morgan fingerprint density at radius 1 is 1.25 bits per heavy atom. The monoisotopic (exact) mass is 223 g/mol. The van der Waals surface area contributed by atoms with Gasteiger partial charge in [0, 0.05) is 5.69 Å². The van der Waals surface area contributed by atoms with Gasteiger partial charge in [-0.3, -0.25) is 0 Å². The summed E-state index contributed by atoms with van der Waals surface area (Å²) in [5, 5.41) is 7.19. The van der Waals surface area contributed by atoms with E-state index in [0.717, 1.165) is 9.36 Å². The molecule has 6 nitrogen and oxygen atoms in total. The Bertz CT molecular complexity index is 530. The molecule has 0 saturated heterocycles. The van der Waals surface area contributed by atoms with Gasteiger partial charge in [0.2, 0.25) is 0 Å². The summed E-state index contributed by atoms with van der Waals surface area (Å²) in [5.74, 6) is 0. The number of hydrogen-bond donors (Lipinski definition) is 1. The molecule has 84 valence electrons. The van der Waals surface area contributed by atoms with E-state index in [1.54, 1.807) is 24.3 Å². The number of aryl methyl sites for hydroxylation is 1. The summed E-state index contributed by atoms with van der Waals surface area (Å²) in [6.45, 7) is -0.742. The normalized spacial score (nSPS) is 10.6. The Morgan fingerprint density at radius 3 is 2.56 bits per heavy atom. The van der Waals surface area contributed by atoms with Crippen LogP contribution in [-0.4, -0.2) is 26.5 Å². The van der Waals surface area contributed by atoms with Crippen molar-refractivity contribution in [3.8, 4) is 5.69 Å². The fourth-order valence-corrected chi connectivity index (χ4v) is 1.27. The van der Waals surface area contributed by atoms with Gasteiger partial charge in [-0.15, -0.1) is 0 Å². The van der Waals surface area contributed by atoms with Gasteiger partial charge >= 0.3 is 5.69 Å². The molecular weight excluding hydrogens is 213 g/mol. The summed E-state index contributed by atoms with van der Waals surface area (Å²) >= 11 is 0. The highest BCUT2D eigenvalue weighted by Gasteiger charge is 2.07. The minimum atomic E-state index is -0.652. The lowest BCUT2D eigenvalue weighted by Crippen LogP contribution is -2.24. The minimum Gasteiger partial charge on any atom is -0.399 e. The third-order valence-electron chi connectivity index (χ3n) is 2.07. The largest absolute Gasteiger partial charge is 0.399 e. The van der Waals surface area contributed by atoms with E-state index in [9.17, 15) is 9.18 Å². The van der Waals surface area contributed by atoms with E-state index in [2.05, 4.69) is 10.4 Å². The van der Waals surface area contributed by atoms with Crippen LogP contribution in [0.5, 0.6) is 0 Å². The van der Waals surface area contributed by atoms with Gasteiger partial charge in [-0.2, -0.15) is 9.36 Å². The molecule has 1 heterocycles. The highest BCUT2D eigenvalue weighted by atomic mass is 19.1. The molecule has 0 fully saturated rings. The third-order valence-corrected chi connectivity index (χ3v) is 2.07. The molecule has 1 aromatic heterocycles. The zero-order valence-corrected chi connectivity index (χ0v) is 8.38. The lowest BCUT2D eigenvalue weighted by Gasteiger charge is -1.98. The summed E-state index contributed by atoms with van der Waals surface area (Å²) in [4.78, 5) is 11.6. The fraction of sp³-hybridized carbons (Fsp3) is 0.222. The van der Waals surface area contributed by atoms with Crippen LogP contribution in [0.1, 0.15) is 0 Å². The van der Waals surface area contributed by atoms with Crippen molar-refractivity contribution < 1.29 is 4.39 Å². The molecule has 0 aliphatic carbocycles. The molecule has 16 heavy (non-hydrogen) atoms. The summed E-state index contributed by atoms with van der Waals surface area (Å²) < 4.78 is 14.1. The smallest absolute Gasteiger partial charge is 0.368 e. The van der Waals surface area contributed by atoms with E-state index in [1.165, 1.54) is 0 Å². The predicted octanol–water partition coefficient (Wildman–Crippen LogP) is -0.0193. The van der Waals surface area contributed by atoms with Gasteiger partial charge in [0.25, 0.3) is 0 Å². The van der Waals surface area contributed by atoms with Gasteiger partial charge in [0.05, 0.1) is 12.2 Å². The number of alkyl halides is 1. The molecular formula is C9H10FN5O. The van der Waals surface area contributed by atoms with Crippen LogP contribution in [0.15, 0.2) is 29.1 Å². The first-order valence-electron chi connectivity index (χ1n) is 4.67. The van der Waals surface area contributed by atoms with Crippen molar-refractivity contribution in [1.29, 1.82) is 0 Å². The number of aromatic nitrogens is 4. The van der Waals surface area contributed by atoms with Gasteiger partial charge in [-0.1, -0.05) is 0 Å². The molecule has 0 amide bonds. The van der Waals surface area contributed by atoms with Crippen molar-refractivity contribution in [2.75, 3.05) is 12.4 Å². The van der Waals surface area contributed by atoms with Crippen LogP contribution in [0.2, 0.25) is 0 Å². The number of rotatable bonds is 3. The van der Waals surface area contributed by atoms with Crippen molar-refractivity contribution in [2.24, 2.45) is 0 Å². The summed E-state index contributed by atoms with van der Waals surface area (Å²) in [6.07, 6.45) is 0. The van der Waals surface area contributed by atoms with E-state index >= 15 is 0 Å². The van der Waals surface area contributed by atoms with Gasteiger partial charge in [-0.05, 0) is 34.7 Å². The van der Waals surface area contributed by atoms with Crippen molar-refractivity contribution in [3.05, 3.63) is 34.7 Å². The second kappa shape index (κ2) is 4.13. The Morgan fingerprint density at radius 2 is 1.94 bits per heavy atom.